The maximum Gasteiger partial charge on any atom is 0.346 e. The molecule has 31 heavy (non-hydrogen) atoms. The number of carbonyl (C=O) groups is 1. The van der Waals surface area contributed by atoms with Gasteiger partial charge in [0.15, 0.2) is 0 Å². The molecule has 0 aliphatic rings. The van der Waals surface area contributed by atoms with Gasteiger partial charge >= 0.3 is 11.7 Å². The standard InChI is InChI=1S/C25H27N3O3/c1-3-5-9-17-28-25(31)27(23(26-28)12-6-4-2)18-19-13-15-20(16-14-19)21-10-7-8-11-22(21)24(29)30/h7-8,10-11,13-16H,3,5,9,12,17-18H2,1-2H3,(H,29,30). The van der Waals surface area contributed by atoms with Gasteiger partial charge in [0, 0.05) is 6.54 Å². The number of carboxylic acids is 1. The number of unbranched alkanes of at least 4 members (excludes halogenated alkanes) is 2. The normalized spacial score (nSPS) is 10.5. The maximum atomic E-state index is 12.9. The van der Waals surface area contributed by atoms with Crippen LogP contribution in [0, 0.1) is 11.8 Å². The third-order valence-corrected chi connectivity index (χ3v) is 5.16. The molecule has 0 atom stereocenters. The molecule has 3 aromatic rings. The number of hydrogen-bond acceptors (Lipinski definition) is 3. The highest BCUT2D eigenvalue weighted by Crippen LogP contribution is 2.24. The van der Waals surface area contributed by atoms with Gasteiger partial charge in [0.2, 0.25) is 0 Å². The molecule has 0 saturated heterocycles. The lowest BCUT2D eigenvalue weighted by Gasteiger charge is -2.08. The van der Waals surface area contributed by atoms with Crippen molar-refractivity contribution in [1.29, 1.82) is 0 Å². The molecule has 2 aromatic carbocycles. The number of nitrogens with zero attached hydrogens (tertiary/aromatic N) is 3. The van der Waals surface area contributed by atoms with Crippen molar-refractivity contribution in [3.63, 3.8) is 0 Å². The molecule has 0 unspecified atom stereocenters. The average Bonchev–Trinajstić information content (AvgIpc) is 3.07. The van der Waals surface area contributed by atoms with Crippen LogP contribution in [0.15, 0.2) is 53.3 Å². The highest BCUT2D eigenvalue weighted by molar-refractivity contribution is 5.95. The fourth-order valence-electron chi connectivity index (χ4n) is 3.49. The van der Waals surface area contributed by atoms with Crippen LogP contribution in [-0.4, -0.2) is 25.4 Å². The van der Waals surface area contributed by atoms with Gasteiger partial charge in [-0.2, -0.15) is 5.10 Å². The van der Waals surface area contributed by atoms with Crippen molar-refractivity contribution in [1.82, 2.24) is 14.3 Å². The number of rotatable bonds is 9. The number of aromatic nitrogens is 3. The molecule has 0 spiro atoms. The monoisotopic (exact) mass is 417 g/mol. The summed E-state index contributed by atoms with van der Waals surface area (Å²) in [5, 5.41) is 13.9. The number of aryl methyl sites for hydroxylation is 1. The van der Waals surface area contributed by atoms with Crippen LogP contribution >= 0.6 is 0 Å². The second-order valence-electron chi connectivity index (χ2n) is 7.37. The first-order valence-electron chi connectivity index (χ1n) is 10.5. The topological polar surface area (TPSA) is 77.1 Å². The van der Waals surface area contributed by atoms with E-state index in [1.54, 1.807) is 34.4 Å². The Morgan fingerprint density at radius 2 is 1.84 bits per heavy atom. The number of benzene rings is 2. The Kier molecular flexibility index (Phi) is 7.45. The third kappa shape index (κ3) is 5.32. The molecule has 160 valence electrons. The second kappa shape index (κ2) is 10.4. The van der Waals surface area contributed by atoms with Gasteiger partial charge < -0.3 is 5.11 Å². The Hall–Kier alpha value is -3.59. The van der Waals surface area contributed by atoms with E-state index in [1.807, 2.05) is 30.3 Å². The lowest BCUT2D eigenvalue weighted by Crippen LogP contribution is -2.26. The number of aromatic carboxylic acids is 1. The van der Waals surface area contributed by atoms with Crippen molar-refractivity contribution in [2.24, 2.45) is 0 Å². The molecule has 1 N–H and O–H groups in total. The van der Waals surface area contributed by atoms with Crippen molar-refractivity contribution in [3.05, 3.63) is 76.0 Å². The van der Waals surface area contributed by atoms with E-state index >= 15 is 0 Å². The van der Waals surface area contributed by atoms with Crippen LogP contribution in [0.1, 0.15) is 54.9 Å². The summed E-state index contributed by atoms with van der Waals surface area (Å²) < 4.78 is 3.22. The van der Waals surface area contributed by atoms with Crippen LogP contribution < -0.4 is 5.69 Å². The van der Waals surface area contributed by atoms with Crippen molar-refractivity contribution >= 4 is 5.97 Å². The van der Waals surface area contributed by atoms with Gasteiger partial charge in [0.25, 0.3) is 0 Å². The molecule has 0 fully saturated rings. The summed E-state index contributed by atoms with van der Waals surface area (Å²) in [5.74, 6) is 5.58. The first-order valence-corrected chi connectivity index (χ1v) is 10.5. The molecule has 6 nitrogen and oxygen atoms in total. The number of hydrogen-bond donors (Lipinski definition) is 1. The quantitative estimate of drug-likeness (QED) is 0.418. The first-order chi connectivity index (χ1) is 15.0. The summed E-state index contributed by atoms with van der Waals surface area (Å²) in [5.41, 5.74) is 2.57. The van der Waals surface area contributed by atoms with E-state index in [0.29, 0.717) is 30.9 Å². The van der Waals surface area contributed by atoms with Crippen molar-refractivity contribution in [2.75, 3.05) is 0 Å². The van der Waals surface area contributed by atoms with E-state index in [-0.39, 0.29) is 11.3 Å². The predicted molar refractivity (Wildman–Crippen MR) is 121 cm³/mol. The van der Waals surface area contributed by atoms with Gasteiger partial charge in [-0.3, -0.25) is 4.57 Å². The summed E-state index contributed by atoms with van der Waals surface area (Å²) in [6.07, 6.45) is 3.49. The smallest absolute Gasteiger partial charge is 0.346 e. The van der Waals surface area contributed by atoms with Crippen molar-refractivity contribution in [2.45, 2.75) is 52.6 Å². The second-order valence-corrected chi connectivity index (χ2v) is 7.37. The molecule has 0 aliphatic carbocycles. The summed E-state index contributed by atoms with van der Waals surface area (Å²) in [6.45, 7) is 4.90. The first kappa shape index (κ1) is 22.1. The fourth-order valence-corrected chi connectivity index (χ4v) is 3.49. The molecule has 0 bridgehead atoms. The minimum atomic E-state index is -0.955. The summed E-state index contributed by atoms with van der Waals surface area (Å²) in [6, 6.07) is 14.5. The van der Waals surface area contributed by atoms with E-state index < -0.39 is 5.97 Å². The summed E-state index contributed by atoms with van der Waals surface area (Å²) in [4.78, 5) is 24.4. The van der Waals surface area contributed by atoms with E-state index in [4.69, 9.17) is 0 Å². The van der Waals surface area contributed by atoms with Crippen LogP contribution in [0.4, 0.5) is 0 Å². The number of carboxylic acid groups (broad SMARTS) is 1. The van der Waals surface area contributed by atoms with Crippen LogP contribution in [-0.2, 0) is 19.5 Å². The Bertz CT molecular complexity index is 1160. The summed E-state index contributed by atoms with van der Waals surface area (Å²) in [7, 11) is 0. The van der Waals surface area contributed by atoms with Gasteiger partial charge in [-0.1, -0.05) is 68.2 Å². The fraction of sp³-hybridized carbons (Fsp3) is 0.320. The Balaban J connectivity index is 1.87. The van der Waals surface area contributed by atoms with E-state index in [2.05, 4.69) is 23.9 Å². The van der Waals surface area contributed by atoms with Crippen molar-refractivity contribution < 1.29 is 9.90 Å². The van der Waals surface area contributed by atoms with Gasteiger partial charge in [-0.25, -0.2) is 14.3 Å². The Morgan fingerprint density at radius 3 is 2.52 bits per heavy atom. The van der Waals surface area contributed by atoms with E-state index in [9.17, 15) is 14.7 Å². The molecular weight excluding hydrogens is 390 g/mol. The zero-order valence-corrected chi connectivity index (χ0v) is 18.0. The van der Waals surface area contributed by atoms with Crippen LogP contribution in [0.3, 0.4) is 0 Å². The molecule has 0 amide bonds. The molecular formula is C25H27N3O3. The Morgan fingerprint density at radius 1 is 1.10 bits per heavy atom. The zero-order chi connectivity index (χ0) is 22.2. The van der Waals surface area contributed by atoms with Gasteiger partial charge in [0.05, 0.1) is 18.5 Å². The van der Waals surface area contributed by atoms with Gasteiger partial charge in [-0.05, 0) is 36.1 Å². The summed E-state index contributed by atoms with van der Waals surface area (Å²) >= 11 is 0. The predicted octanol–water partition coefficient (Wildman–Crippen LogP) is 4.21. The highest BCUT2D eigenvalue weighted by atomic mass is 16.4. The molecule has 3 rings (SSSR count). The molecule has 1 aromatic heterocycles. The maximum absolute atomic E-state index is 12.9. The van der Waals surface area contributed by atoms with Crippen LogP contribution in [0.25, 0.3) is 11.1 Å². The Labute approximate surface area is 182 Å². The SMILES string of the molecule is CC#CCc1nn(CCCCC)c(=O)n1Cc1ccc(-c2ccccc2C(=O)O)cc1. The van der Waals surface area contributed by atoms with E-state index in [1.165, 1.54) is 0 Å². The van der Waals surface area contributed by atoms with E-state index in [0.717, 1.165) is 30.4 Å². The molecule has 0 aliphatic heterocycles. The minimum absolute atomic E-state index is 0.121. The zero-order valence-electron chi connectivity index (χ0n) is 18.0. The third-order valence-electron chi connectivity index (χ3n) is 5.16. The molecule has 0 saturated carbocycles. The highest BCUT2D eigenvalue weighted by Gasteiger charge is 2.14. The minimum Gasteiger partial charge on any atom is -0.478 e. The molecule has 0 radical (unpaired) electrons. The molecule has 6 heteroatoms. The lowest BCUT2D eigenvalue weighted by molar-refractivity contribution is 0.0697. The van der Waals surface area contributed by atoms with Crippen molar-refractivity contribution in [3.8, 4) is 23.0 Å². The van der Waals surface area contributed by atoms with Gasteiger partial charge in [0.1, 0.15) is 5.82 Å². The average molecular weight is 418 g/mol. The largest absolute Gasteiger partial charge is 0.478 e. The van der Waals surface area contributed by atoms with Crippen LogP contribution in [0.2, 0.25) is 0 Å². The lowest BCUT2D eigenvalue weighted by atomic mass is 9.99. The molecule has 1 heterocycles. The van der Waals surface area contributed by atoms with Gasteiger partial charge in [-0.15, -0.1) is 5.92 Å². The van der Waals surface area contributed by atoms with Crippen LogP contribution in [0.5, 0.6) is 0 Å².